The Balaban J connectivity index is 1.66. The lowest BCUT2D eigenvalue weighted by molar-refractivity contribution is 0.125. The summed E-state index contributed by atoms with van der Waals surface area (Å²) >= 11 is 0. The summed E-state index contributed by atoms with van der Waals surface area (Å²) in [4.78, 5) is 0. The van der Waals surface area contributed by atoms with Crippen molar-refractivity contribution in [1.82, 2.24) is 5.32 Å². The van der Waals surface area contributed by atoms with Crippen LogP contribution in [-0.2, 0) is 4.74 Å². The fourth-order valence-corrected chi connectivity index (χ4v) is 1.97. The maximum absolute atomic E-state index is 10.1. The molecule has 20 heavy (non-hydrogen) atoms. The number of rotatable bonds is 9. The Morgan fingerprint density at radius 1 is 1.30 bits per heavy atom. The zero-order chi connectivity index (χ0) is 14.2. The smallest absolute Gasteiger partial charge is 0.231 e. The van der Waals surface area contributed by atoms with E-state index in [1.54, 1.807) is 0 Å². The molecule has 5 heteroatoms. The van der Waals surface area contributed by atoms with Crippen LogP contribution in [0.4, 0.5) is 0 Å². The third-order valence-electron chi connectivity index (χ3n) is 3.18. The highest BCUT2D eigenvalue weighted by molar-refractivity contribution is 5.45. The molecule has 2 rings (SSSR count). The zero-order valence-corrected chi connectivity index (χ0v) is 11.9. The van der Waals surface area contributed by atoms with Gasteiger partial charge in [-0.05, 0) is 24.1 Å². The molecule has 1 aliphatic rings. The van der Waals surface area contributed by atoms with Crippen molar-refractivity contribution < 1.29 is 19.3 Å². The van der Waals surface area contributed by atoms with Gasteiger partial charge < -0.3 is 24.6 Å². The topological polar surface area (TPSA) is 60.0 Å². The largest absolute Gasteiger partial charge is 0.454 e. The summed E-state index contributed by atoms with van der Waals surface area (Å²) in [5.41, 5.74) is 0.827. The van der Waals surface area contributed by atoms with E-state index in [2.05, 4.69) is 12.2 Å². The fraction of sp³-hybridized carbons (Fsp3) is 0.600. The van der Waals surface area contributed by atoms with Crippen LogP contribution in [0.5, 0.6) is 11.5 Å². The van der Waals surface area contributed by atoms with Gasteiger partial charge >= 0.3 is 0 Å². The molecule has 0 fully saturated rings. The minimum absolute atomic E-state index is 0.252. The lowest BCUT2D eigenvalue weighted by atomic mass is 10.1. The van der Waals surface area contributed by atoms with Gasteiger partial charge in [0.05, 0.1) is 12.7 Å². The van der Waals surface area contributed by atoms with Gasteiger partial charge in [-0.2, -0.15) is 0 Å². The fourth-order valence-electron chi connectivity index (χ4n) is 1.97. The number of aliphatic hydroxyl groups excluding tert-OH is 1. The number of unbranched alkanes of at least 4 members (excludes halogenated alkanes) is 1. The third kappa shape index (κ3) is 4.37. The summed E-state index contributed by atoms with van der Waals surface area (Å²) in [6.45, 7) is 5.12. The SMILES string of the molecule is CCCCOCCNCC(O)c1ccc2c(c1)OCO2. The molecule has 1 aliphatic heterocycles. The Hall–Kier alpha value is -1.30. The van der Waals surface area contributed by atoms with E-state index in [4.69, 9.17) is 14.2 Å². The predicted molar refractivity (Wildman–Crippen MR) is 76.1 cm³/mol. The number of fused-ring (bicyclic) bond motifs is 1. The van der Waals surface area contributed by atoms with Crippen LogP contribution < -0.4 is 14.8 Å². The Kier molecular flexibility index (Phi) is 6.11. The van der Waals surface area contributed by atoms with E-state index in [0.717, 1.165) is 37.3 Å². The van der Waals surface area contributed by atoms with Crippen molar-refractivity contribution in [2.45, 2.75) is 25.9 Å². The number of benzene rings is 1. The molecule has 0 radical (unpaired) electrons. The van der Waals surface area contributed by atoms with Crippen molar-refractivity contribution in [2.24, 2.45) is 0 Å². The molecule has 0 saturated heterocycles. The molecule has 0 spiro atoms. The molecule has 5 nitrogen and oxygen atoms in total. The third-order valence-corrected chi connectivity index (χ3v) is 3.18. The Morgan fingerprint density at radius 3 is 3.00 bits per heavy atom. The highest BCUT2D eigenvalue weighted by Gasteiger charge is 2.16. The Labute approximate surface area is 119 Å². The molecule has 112 valence electrons. The molecule has 0 bridgehead atoms. The predicted octanol–water partition coefficient (Wildman–Crippen LogP) is 1.85. The van der Waals surface area contributed by atoms with Crippen molar-refractivity contribution in [3.8, 4) is 11.5 Å². The molecule has 1 aromatic carbocycles. The van der Waals surface area contributed by atoms with Crippen molar-refractivity contribution in [1.29, 1.82) is 0 Å². The molecule has 0 amide bonds. The molecule has 1 atom stereocenters. The lowest BCUT2D eigenvalue weighted by Gasteiger charge is -2.13. The van der Waals surface area contributed by atoms with Crippen LogP contribution >= 0.6 is 0 Å². The monoisotopic (exact) mass is 281 g/mol. The Morgan fingerprint density at radius 2 is 2.15 bits per heavy atom. The number of ether oxygens (including phenoxy) is 3. The highest BCUT2D eigenvalue weighted by Crippen LogP contribution is 2.33. The van der Waals surface area contributed by atoms with Gasteiger partial charge in [0.25, 0.3) is 0 Å². The van der Waals surface area contributed by atoms with E-state index in [1.807, 2.05) is 18.2 Å². The molecular weight excluding hydrogens is 258 g/mol. The highest BCUT2D eigenvalue weighted by atomic mass is 16.7. The van der Waals surface area contributed by atoms with Crippen molar-refractivity contribution in [3.63, 3.8) is 0 Å². The Bertz CT molecular complexity index is 411. The number of hydrogen-bond donors (Lipinski definition) is 2. The minimum Gasteiger partial charge on any atom is -0.454 e. The summed E-state index contributed by atoms with van der Waals surface area (Å²) in [7, 11) is 0. The molecule has 1 aromatic rings. The van der Waals surface area contributed by atoms with Gasteiger partial charge in [-0.15, -0.1) is 0 Å². The molecule has 0 aromatic heterocycles. The van der Waals surface area contributed by atoms with E-state index in [-0.39, 0.29) is 6.79 Å². The number of hydrogen-bond acceptors (Lipinski definition) is 5. The second kappa shape index (κ2) is 8.09. The quantitative estimate of drug-likeness (QED) is 0.677. The molecule has 0 aliphatic carbocycles. The average molecular weight is 281 g/mol. The number of aliphatic hydroxyl groups is 1. The van der Waals surface area contributed by atoms with Crippen molar-refractivity contribution in [2.75, 3.05) is 33.1 Å². The van der Waals surface area contributed by atoms with Gasteiger partial charge in [0.2, 0.25) is 6.79 Å². The van der Waals surface area contributed by atoms with Crippen LogP contribution in [-0.4, -0.2) is 38.2 Å². The first-order chi connectivity index (χ1) is 9.81. The maximum Gasteiger partial charge on any atom is 0.231 e. The lowest BCUT2D eigenvalue weighted by Crippen LogP contribution is -2.25. The zero-order valence-electron chi connectivity index (χ0n) is 11.9. The first-order valence-electron chi connectivity index (χ1n) is 7.17. The van der Waals surface area contributed by atoms with Crippen molar-refractivity contribution in [3.05, 3.63) is 23.8 Å². The van der Waals surface area contributed by atoms with E-state index >= 15 is 0 Å². The molecular formula is C15H23NO4. The first kappa shape index (κ1) is 15.1. The van der Waals surface area contributed by atoms with E-state index in [9.17, 15) is 5.11 Å². The standard InChI is InChI=1S/C15H23NO4/c1-2-3-7-18-8-6-16-10-13(17)12-4-5-14-15(9-12)20-11-19-14/h4-5,9,13,16-17H,2-3,6-8,10-11H2,1H3. The summed E-state index contributed by atoms with van der Waals surface area (Å²) in [5.74, 6) is 1.43. The van der Waals surface area contributed by atoms with Crippen LogP contribution in [0, 0.1) is 0 Å². The average Bonchev–Trinajstić information content (AvgIpc) is 2.93. The van der Waals surface area contributed by atoms with Crippen LogP contribution in [0.1, 0.15) is 31.4 Å². The summed E-state index contributed by atoms with van der Waals surface area (Å²) < 4.78 is 16.0. The minimum atomic E-state index is -0.555. The van der Waals surface area contributed by atoms with Crippen LogP contribution in [0.15, 0.2) is 18.2 Å². The van der Waals surface area contributed by atoms with Gasteiger partial charge in [-0.1, -0.05) is 19.4 Å². The second-order valence-electron chi connectivity index (χ2n) is 4.80. The molecule has 2 N–H and O–H groups in total. The van der Waals surface area contributed by atoms with Crippen LogP contribution in [0.3, 0.4) is 0 Å². The first-order valence-corrected chi connectivity index (χ1v) is 7.17. The van der Waals surface area contributed by atoms with Crippen LogP contribution in [0.25, 0.3) is 0 Å². The van der Waals surface area contributed by atoms with Gasteiger partial charge in [0.1, 0.15) is 0 Å². The summed E-state index contributed by atoms with van der Waals surface area (Å²) in [6, 6.07) is 5.51. The summed E-state index contributed by atoms with van der Waals surface area (Å²) in [6.07, 6.45) is 1.69. The van der Waals surface area contributed by atoms with E-state index in [0.29, 0.717) is 18.9 Å². The maximum atomic E-state index is 10.1. The van der Waals surface area contributed by atoms with E-state index < -0.39 is 6.10 Å². The van der Waals surface area contributed by atoms with E-state index in [1.165, 1.54) is 0 Å². The molecule has 1 unspecified atom stereocenters. The summed E-state index contributed by atoms with van der Waals surface area (Å²) in [5, 5.41) is 13.3. The van der Waals surface area contributed by atoms with Gasteiger partial charge in [0.15, 0.2) is 11.5 Å². The normalized spacial score (nSPS) is 14.5. The van der Waals surface area contributed by atoms with Crippen LogP contribution in [0.2, 0.25) is 0 Å². The van der Waals surface area contributed by atoms with Gasteiger partial charge in [0, 0.05) is 19.7 Å². The molecule has 1 heterocycles. The van der Waals surface area contributed by atoms with Crippen molar-refractivity contribution >= 4 is 0 Å². The van der Waals surface area contributed by atoms with Gasteiger partial charge in [-0.3, -0.25) is 0 Å². The number of nitrogens with one attached hydrogen (secondary N) is 1. The molecule has 0 saturated carbocycles. The second-order valence-corrected chi connectivity index (χ2v) is 4.80. The van der Waals surface area contributed by atoms with Gasteiger partial charge in [-0.25, -0.2) is 0 Å².